The smallest absolute Gasteiger partial charge is 0.295 e. The van der Waals surface area contributed by atoms with E-state index in [1.165, 1.54) is 24.1 Å². The van der Waals surface area contributed by atoms with Gasteiger partial charge in [0.15, 0.2) is 0 Å². The molecule has 31 heavy (non-hydrogen) atoms. The minimum absolute atomic E-state index is 0.00245. The Hall–Kier alpha value is -3.32. The predicted molar refractivity (Wildman–Crippen MR) is 116 cm³/mol. The number of carbonyl (C=O) groups excluding carboxylic acids is 2. The van der Waals surface area contributed by atoms with Crippen LogP contribution in [-0.4, -0.2) is 53.7 Å². The number of hydrogen-bond acceptors (Lipinski definition) is 6. The lowest BCUT2D eigenvalue weighted by Crippen LogP contribution is -2.32. The van der Waals surface area contributed by atoms with E-state index in [0.29, 0.717) is 29.4 Å². The Morgan fingerprint density at radius 3 is 2.29 bits per heavy atom. The Bertz CT molecular complexity index is 963. The maximum absolute atomic E-state index is 12.9. The molecular formula is C24H27NO6. The number of ketones is 1. The van der Waals surface area contributed by atoms with Crippen molar-refractivity contribution >= 4 is 17.4 Å². The molecule has 7 heteroatoms. The molecule has 3 rings (SSSR count). The summed E-state index contributed by atoms with van der Waals surface area (Å²) in [6.45, 7) is 5.09. The van der Waals surface area contributed by atoms with E-state index in [1.54, 1.807) is 36.4 Å². The van der Waals surface area contributed by atoms with Crippen LogP contribution in [0.3, 0.4) is 0 Å². The number of benzene rings is 2. The topological polar surface area (TPSA) is 96.3 Å². The Kier molecular flexibility index (Phi) is 6.97. The molecule has 1 aliphatic heterocycles. The monoisotopic (exact) mass is 425 g/mol. The van der Waals surface area contributed by atoms with Crippen LogP contribution in [0.4, 0.5) is 0 Å². The van der Waals surface area contributed by atoms with Crippen molar-refractivity contribution < 1.29 is 29.3 Å². The summed E-state index contributed by atoms with van der Waals surface area (Å²) in [6, 6.07) is 12.2. The Morgan fingerprint density at radius 2 is 1.71 bits per heavy atom. The number of aliphatic hydroxyl groups is 1. The third kappa shape index (κ3) is 4.88. The number of amides is 1. The number of aliphatic hydroxyl groups excluding tert-OH is 1. The van der Waals surface area contributed by atoms with Gasteiger partial charge in [0.1, 0.15) is 17.3 Å². The summed E-state index contributed by atoms with van der Waals surface area (Å²) in [4.78, 5) is 27.0. The molecule has 7 nitrogen and oxygen atoms in total. The number of carbonyl (C=O) groups is 2. The zero-order valence-electron chi connectivity index (χ0n) is 17.9. The number of likely N-dealkylation sites (tertiary alicyclic amines) is 1. The first-order chi connectivity index (χ1) is 14.8. The fourth-order valence-electron chi connectivity index (χ4n) is 3.43. The summed E-state index contributed by atoms with van der Waals surface area (Å²) < 4.78 is 10.8. The highest BCUT2D eigenvalue weighted by Crippen LogP contribution is 2.39. The fraction of sp³-hybridized carbons (Fsp3) is 0.333. The Labute approximate surface area is 181 Å². The van der Waals surface area contributed by atoms with E-state index in [4.69, 9.17) is 9.47 Å². The molecule has 0 spiro atoms. The second kappa shape index (κ2) is 9.66. The van der Waals surface area contributed by atoms with Crippen molar-refractivity contribution in [2.75, 3.05) is 26.9 Å². The number of methoxy groups -OCH3 is 1. The van der Waals surface area contributed by atoms with Crippen molar-refractivity contribution in [1.82, 2.24) is 4.90 Å². The summed E-state index contributed by atoms with van der Waals surface area (Å²) in [6.07, 6.45) is 0. The zero-order valence-corrected chi connectivity index (χ0v) is 17.9. The first-order valence-electron chi connectivity index (χ1n) is 10.1. The molecule has 0 radical (unpaired) electrons. The highest BCUT2D eigenvalue weighted by atomic mass is 16.5. The van der Waals surface area contributed by atoms with E-state index >= 15 is 0 Å². The SMILES string of the molecule is COCCN1C(=O)C(=O)/C(=C(/O)c2ccc(OCC(C)C)cc2)[C@@H]1c1ccc(O)cc1. The molecule has 1 aliphatic rings. The lowest BCUT2D eigenvalue weighted by molar-refractivity contribution is -0.140. The average molecular weight is 425 g/mol. The maximum atomic E-state index is 12.9. The number of rotatable bonds is 8. The van der Waals surface area contributed by atoms with Gasteiger partial charge in [-0.25, -0.2) is 0 Å². The van der Waals surface area contributed by atoms with E-state index < -0.39 is 17.7 Å². The molecule has 1 amide bonds. The lowest BCUT2D eigenvalue weighted by atomic mass is 9.95. The number of phenolic OH excluding ortho intramolecular Hbond substituents is 1. The average Bonchev–Trinajstić information content (AvgIpc) is 3.01. The van der Waals surface area contributed by atoms with Crippen LogP contribution in [0, 0.1) is 5.92 Å². The van der Waals surface area contributed by atoms with Crippen LogP contribution in [0.2, 0.25) is 0 Å². The van der Waals surface area contributed by atoms with Crippen LogP contribution in [0.1, 0.15) is 31.0 Å². The molecule has 1 fully saturated rings. The van der Waals surface area contributed by atoms with Crippen LogP contribution in [0.15, 0.2) is 54.1 Å². The normalized spacial score (nSPS) is 18.1. The predicted octanol–water partition coefficient (Wildman–Crippen LogP) is 3.50. The van der Waals surface area contributed by atoms with Crippen LogP contribution >= 0.6 is 0 Å². The first kappa shape index (κ1) is 22.4. The number of hydrogen-bond donors (Lipinski definition) is 2. The highest BCUT2D eigenvalue weighted by molar-refractivity contribution is 6.46. The number of Topliss-reactive ketones (excluding diaryl/α,β-unsaturated/α-hetero) is 1. The van der Waals surface area contributed by atoms with Crippen molar-refractivity contribution in [3.8, 4) is 11.5 Å². The van der Waals surface area contributed by atoms with E-state index in [9.17, 15) is 19.8 Å². The van der Waals surface area contributed by atoms with Gasteiger partial charge in [-0.15, -0.1) is 0 Å². The van der Waals surface area contributed by atoms with Crippen molar-refractivity contribution in [2.45, 2.75) is 19.9 Å². The number of nitrogens with zero attached hydrogens (tertiary/aromatic N) is 1. The largest absolute Gasteiger partial charge is 0.508 e. The molecular weight excluding hydrogens is 398 g/mol. The van der Waals surface area contributed by atoms with Gasteiger partial charge in [0.25, 0.3) is 11.7 Å². The van der Waals surface area contributed by atoms with Crippen LogP contribution in [-0.2, 0) is 14.3 Å². The van der Waals surface area contributed by atoms with Gasteiger partial charge >= 0.3 is 0 Å². The molecule has 0 aromatic heterocycles. The maximum Gasteiger partial charge on any atom is 0.295 e. The van der Waals surface area contributed by atoms with Crippen molar-refractivity contribution in [2.24, 2.45) is 5.92 Å². The van der Waals surface area contributed by atoms with Gasteiger partial charge in [0.05, 0.1) is 24.8 Å². The quantitative estimate of drug-likeness (QED) is 0.382. The summed E-state index contributed by atoms with van der Waals surface area (Å²) >= 11 is 0. The van der Waals surface area contributed by atoms with Crippen LogP contribution in [0.25, 0.3) is 5.76 Å². The Morgan fingerprint density at radius 1 is 1.06 bits per heavy atom. The molecule has 1 heterocycles. The van der Waals surface area contributed by atoms with E-state index in [1.807, 2.05) is 13.8 Å². The van der Waals surface area contributed by atoms with Crippen molar-refractivity contribution in [3.63, 3.8) is 0 Å². The van der Waals surface area contributed by atoms with Gasteiger partial charge in [-0.05, 0) is 47.9 Å². The van der Waals surface area contributed by atoms with Gasteiger partial charge in [-0.2, -0.15) is 0 Å². The molecule has 0 bridgehead atoms. The molecule has 164 valence electrons. The second-order valence-electron chi connectivity index (χ2n) is 7.81. The van der Waals surface area contributed by atoms with Crippen LogP contribution in [0.5, 0.6) is 11.5 Å². The third-order valence-corrected chi connectivity index (χ3v) is 5.00. The van der Waals surface area contributed by atoms with E-state index in [2.05, 4.69) is 0 Å². The summed E-state index contributed by atoms with van der Waals surface area (Å²) in [5.41, 5.74) is 1.01. The highest BCUT2D eigenvalue weighted by Gasteiger charge is 2.45. The third-order valence-electron chi connectivity index (χ3n) is 5.00. The van der Waals surface area contributed by atoms with Crippen LogP contribution < -0.4 is 4.74 Å². The summed E-state index contributed by atoms with van der Waals surface area (Å²) in [5.74, 6) is -0.621. The van der Waals surface area contributed by atoms with Gasteiger partial charge in [0, 0.05) is 19.2 Å². The number of ether oxygens (including phenoxy) is 2. The minimum Gasteiger partial charge on any atom is -0.508 e. The van der Waals surface area contributed by atoms with Crippen molar-refractivity contribution in [3.05, 3.63) is 65.2 Å². The van der Waals surface area contributed by atoms with E-state index in [-0.39, 0.29) is 30.2 Å². The van der Waals surface area contributed by atoms with E-state index in [0.717, 1.165) is 0 Å². The number of phenols is 1. The second-order valence-corrected chi connectivity index (χ2v) is 7.81. The zero-order chi connectivity index (χ0) is 22.5. The fourth-order valence-corrected chi connectivity index (χ4v) is 3.43. The molecule has 2 aromatic rings. The molecule has 1 atom stereocenters. The standard InChI is InChI=1S/C24H27NO6/c1-15(2)14-31-19-10-6-17(7-11-19)22(27)20-21(16-4-8-18(26)9-5-16)25(12-13-30-3)24(29)23(20)28/h4-11,15,21,26-27H,12-14H2,1-3H3/b22-20+/t21-/m0/s1. The molecule has 2 N–H and O–H groups in total. The summed E-state index contributed by atoms with van der Waals surface area (Å²) in [7, 11) is 1.51. The van der Waals surface area contributed by atoms with Crippen molar-refractivity contribution in [1.29, 1.82) is 0 Å². The lowest BCUT2D eigenvalue weighted by Gasteiger charge is -2.25. The first-order valence-corrected chi connectivity index (χ1v) is 10.1. The van der Waals surface area contributed by atoms with Gasteiger partial charge < -0.3 is 24.6 Å². The molecule has 0 unspecified atom stereocenters. The Balaban J connectivity index is 2.02. The summed E-state index contributed by atoms with van der Waals surface area (Å²) in [5, 5.41) is 20.6. The number of aromatic hydroxyl groups is 1. The molecule has 0 saturated carbocycles. The molecule has 0 aliphatic carbocycles. The molecule has 1 saturated heterocycles. The van der Waals surface area contributed by atoms with Gasteiger partial charge in [-0.1, -0.05) is 26.0 Å². The van der Waals surface area contributed by atoms with Gasteiger partial charge in [-0.3, -0.25) is 9.59 Å². The minimum atomic E-state index is -0.785. The molecule has 2 aromatic carbocycles. The van der Waals surface area contributed by atoms with Gasteiger partial charge in [0.2, 0.25) is 0 Å².